The lowest BCUT2D eigenvalue weighted by atomic mass is 9.81. The Labute approximate surface area is 226 Å². The number of carbonyl (C=O) groups excluding carboxylic acids is 3. The van der Waals surface area contributed by atoms with Gasteiger partial charge in [-0.25, -0.2) is 0 Å². The monoisotopic (exact) mass is 540 g/mol. The summed E-state index contributed by atoms with van der Waals surface area (Å²) in [5, 5.41) is 4.72. The molecule has 0 radical (unpaired) electrons. The van der Waals surface area contributed by atoms with E-state index in [-0.39, 0.29) is 29.8 Å². The number of aromatic nitrogens is 1. The van der Waals surface area contributed by atoms with Crippen LogP contribution in [0.15, 0.2) is 48.5 Å². The van der Waals surface area contributed by atoms with E-state index in [9.17, 15) is 14.4 Å². The molecule has 5 rings (SSSR count). The standard InChI is InChI=1S/C28H30Cl2N4O3/c1-28(2,3)24(32-25(35)21-13-16-7-4-5-8-20(16)31-21)27(37)34-15-23-22(34)9-6-12-33(23)26(36)18-14-17(29)10-11-19(18)30/h4-5,7-8,10-11,13-14,22-24,31H,6,9,12,15H2,1-3H3,(H,32,35)/t22?,23-,24-/m1/s1. The Morgan fingerprint density at radius 1 is 1.03 bits per heavy atom. The highest BCUT2D eigenvalue weighted by Crippen LogP contribution is 2.36. The summed E-state index contributed by atoms with van der Waals surface area (Å²) >= 11 is 12.4. The van der Waals surface area contributed by atoms with E-state index in [0.717, 1.165) is 23.7 Å². The van der Waals surface area contributed by atoms with Crippen LogP contribution in [0, 0.1) is 5.41 Å². The van der Waals surface area contributed by atoms with E-state index in [0.29, 0.717) is 34.4 Å². The van der Waals surface area contributed by atoms with Crippen molar-refractivity contribution in [1.29, 1.82) is 0 Å². The predicted molar refractivity (Wildman–Crippen MR) is 145 cm³/mol. The van der Waals surface area contributed by atoms with E-state index in [1.54, 1.807) is 24.3 Å². The first kappa shape index (κ1) is 25.6. The molecule has 3 atom stereocenters. The summed E-state index contributed by atoms with van der Waals surface area (Å²) in [6.45, 7) is 6.84. The van der Waals surface area contributed by atoms with E-state index in [4.69, 9.17) is 23.2 Å². The molecule has 0 spiro atoms. The highest BCUT2D eigenvalue weighted by Gasteiger charge is 2.51. The van der Waals surface area contributed by atoms with Crippen LogP contribution in [0.25, 0.3) is 10.9 Å². The molecular formula is C28H30Cl2N4O3. The lowest BCUT2D eigenvalue weighted by Gasteiger charge is -2.56. The van der Waals surface area contributed by atoms with Gasteiger partial charge in [-0.1, -0.05) is 62.2 Å². The van der Waals surface area contributed by atoms with Crippen LogP contribution in [0.4, 0.5) is 0 Å². The van der Waals surface area contributed by atoms with E-state index in [1.807, 2.05) is 54.8 Å². The lowest BCUT2D eigenvalue weighted by molar-refractivity contribution is -0.152. The van der Waals surface area contributed by atoms with Crippen LogP contribution in [0.1, 0.15) is 54.5 Å². The second-order valence-electron chi connectivity index (χ2n) is 10.9. The Hall–Kier alpha value is -3.03. The third kappa shape index (κ3) is 4.82. The normalized spacial score (nSPS) is 20.2. The minimum atomic E-state index is -0.721. The SMILES string of the molecule is CC(C)(C)[C@H](NC(=O)c1cc2ccccc2[nH]1)C(=O)N1C[C@@H]2C1CCCN2C(=O)c1cc(Cl)ccc1Cl. The van der Waals surface area contributed by atoms with E-state index in [2.05, 4.69) is 10.3 Å². The number of amides is 3. The zero-order chi connectivity index (χ0) is 26.5. The molecule has 2 N–H and O–H groups in total. The van der Waals surface area contributed by atoms with E-state index >= 15 is 0 Å². The van der Waals surface area contributed by atoms with Gasteiger partial charge in [-0.2, -0.15) is 0 Å². The van der Waals surface area contributed by atoms with Crippen molar-refractivity contribution >= 4 is 51.8 Å². The zero-order valence-corrected chi connectivity index (χ0v) is 22.6. The summed E-state index contributed by atoms with van der Waals surface area (Å²) < 4.78 is 0. The van der Waals surface area contributed by atoms with Crippen LogP contribution in [0.3, 0.4) is 0 Å². The molecule has 2 aliphatic heterocycles. The van der Waals surface area contributed by atoms with Crippen molar-refractivity contribution in [3.8, 4) is 0 Å². The molecule has 9 heteroatoms. The fourth-order valence-corrected chi connectivity index (χ4v) is 5.73. The van der Waals surface area contributed by atoms with Crippen LogP contribution in [-0.2, 0) is 4.79 Å². The molecule has 7 nitrogen and oxygen atoms in total. The molecule has 0 aliphatic carbocycles. The van der Waals surface area contributed by atoms with Crippen molar-refractivity contribution in [2.75, 3.05) is 13.1 Å². The number of halogens is 2. The molecule has 3 heterocycles. The average molecular weight is 541 g/mol. The average Bonchev–Trinajstić information content (AvgIpc) is 3.27. The number of piperidine rings is 1. The maximum atomic E-state index is 13.8. The van der Waals surface area contributed by atoms with Gasteiger partial charge in [-0.05, 0) is 48.6 Å². The third-order valence-corrected chi connectivity index (χ3v) is 7.96. The van der Waals surface area contributed by atoms with Crippen molar-refractivity contribution < 1.29 is 14.4 Å². The molecule has 2 aliphatic rings. The molecular weight excluding hydrogens is 511 g/mol. The molecule has 2 fully saturated rings. The van der Waals surface area contributed by atoms with Crippen molar-refractivity contribution in [1.82, 2.24) is 20.1 Å². The number of likely N-dealkylation sites (tertiary alicyclic amines) is 2. The molecule has 1 unspecified atom stereocenters. The number of nitrogens with one attached hydrogen (secondary N) is 2. The smallest absolute Gasteiger partial charge is 0.268 e. The molecule has 194 valence electrons. The number of rotatable bonds is 4. The Morgan fingerprint density at radius 3 is 2.51 bits per heavy atom. The second kappa shape index (κ2) is 9.69. The minimum Gasteiger partial charge on any atom is -0.351 e. The lowest BCUT2D eigenvalue weighted by Crippen LogP contribution is -2.73. The zero-order valence-electron chi connectivity index (χ0n) is 21.1. The van der Waals surface area contributed by atoms with Crippen LogP contribution in [-0.4, -0.2) is 63.7 Å². The first-order valence-corrected chi connectivity index (χ1v) is 13.3. The summed E-state index contributed by atoms with van der Waals surface area (Å²) in [6.07, 6.45) is 1.58. The van der Waals surface area contributed by atoms with E-state index in [1.165, 1.54) is 0 Å². The molecule has 37 heavy (non-hydrogen) atoms. The van der Waals surface area contributed by atoms with Gasteiger partial charge in [0.25, 0.3) is 11.8 Å². The summed E-state index contributed by atoms with van der Waals surface area (Å²) in [7, 11) is 0. The van der Waals surface area contributed by atoms with Gasteiger partial charge in [0.05, 0.1) is 22.7 Å². The van der Waals surface area contributed by atoms with Crippen LogP contribution < -0.4 is 5.32 Å². The minimum absolute atomic E-state index is 0.0923. The van der Waals surface area contributed by atoms with Crippen molar-refractivity contribution in [2.45, 2.75) is 51.7 Å². The number of benzene rings is 2. The molecule has 3 aromatic rings. The van der Waals surface area contributed by atoms with Crippen molar-refractivity contribution in [3.05, 3.63) is 69.8 Å². The van der Waals surface area contributed by atoms with Gasteiger partial charge in [0.1, 0.15) is 11.7 Å². The van der Waals surface area contributed by atoms with Gasteiger partial charge >= 0.3 is 0 Å². The van der Waals surface area contributed by atoms with Crippen molar-refractivity contribution in [3.63, 3.8) is 0 Å². The number of para-hydroxylation sites is 1. The topological polar surface area (TPSA) is 85.5 Å². The van der Waals surface area contributed by atoms with Gasteiger partial charge < -0.3 is 20.1 Å². The molecule has 0 bridgehead atoms. The molecule has 0 saturated carbocycles. The van der Waals surface area contributed by atoms with Crippen molar-refractivity contribution in [2.24, 2.45) is 5.41 Å². The van der Waals surface area contributed by atoms with E-state index < -0.39 is 11.5 Å². The van der Waals surface area contributed by atoms with Gasteiger partial charge in [0.15, 0.2) is 0 Å². The van der Waals surface area contributed by atoms with Gasteiger partial charge in [0, 0.05) is 29.0 Å². The van der Waals surface area contributed by atoms with Gasteiger partial charge in [-0.3, -0.25) is 14.4 Å². The summed E-state index contributed by atoms with van der Waals surface area (Å²) in [6, 6.07) is 13.4. The Morgan fingerprint density at radius 2 is 1.78 bits per heavy atom. The molecule has 2 saturated heterocycles. The number of fused-ring (bicyclic) bond motifs is 2. The Balaban J connectivity index is 1.32. The number of carbonyl (C=O) groups is 3. The number of H-pyrrole nitrogens is 1. The Kier molecular flexibility index (Phi) is 6.71. The predicted octanol–water partition coefficient (Wildman–Crippen LogP) is 5.13. The molecule has 3 amide bonds. The number of hydrogen-bond donors (Lipinski definition) is 2. The Bertz CT molecular complexity index is 1350. The maximum absolute atomic E-state index is 13.8. The first-order valence-electron chi connectivity index (χ1n) is 12.5. The summed E-state index contributed by atoms with van der Waals surface area (Å²) in [4.78, 5) is 47.0. The number of hydrogen-bond acceptors (Lipinski definition) is 3. The van der Waals surface area contributed by atoms with Crippen LogP contribution in [0.5, 0.6) is 0 Å². The summed E-state index contributed by atoms with van der Waals surface area (Å²) in [5.74, 6) is -0.625. The molecule has 1 aromatic heterocycles. The van der Waals surface area contributed by atoms with Gasteiger partial charge in [-0.15, -0.1) is 0 Å². The quantitative estimate of drug-likeness (QED) is 0.480. The maximum Gasteiger partial charge on any atom is 0.268 e. The number of aromatic amines is 1. The van der Waals surface area contributed by atoms with Crippen LogP contribution in [0.2, 0.25) is 10.0 Å². The highest BCUT2D eigenvalue weighted by atomic mass is 35.5. The molecule has 2 aromatic carbocycles. The van der Waals surface area contributed by atoms with Gasteiger partial charge in [0.2, 0.25) is 5.91 Å². The third-order valence-electron chi connectivity index (χ3n) is 7.39. The first-order chi connectivity index (χ1) is 17.5. The highest BCUT2D eigenvalue weighted by molar-refractivity contribution is 6.35. The number of nitrogens with zero attached hydrogens (tertiary/aromatic N) is 2. The fourth-order valence-electron chi connectivity index (χ4n) is 5.36. The second-order valence-corrected chi connectivity index (χ2v) is 11.8. The largest absolute Gasteiger partial charge is 0.351 e. The van der Waals surface area contributed by atoms with Crippen LogP contribution >= 0.6 is 23.2 Å². The fraction of sp³-hybridized carbons (Fsp3) is 0.393. The summed E-state index contributed by atoms with van der Waals surface area (Å²) in [5.41, 5.74) is 1.14.